The van der Waals surface area contributed by atoms with Gasteiger partial charge in [-0.05, 0) is 12.5 Å². The lowest BCUT2D eigenvalue weighted by Crippen LogP contribution is -2.33. The van der Waals surface area contributed by atoms with E-state index >= 15 is 0 Å². The molecule has 3 heterocycles. The Labute approximate surface area is 126 Å². The van der Waals surface area contributed by atoms with Gasteiger partial charge < -0.3 is 20.5 Å². The Kier molecular flexibility index (Phi) is 3.78. The average molecular weight is 306 g/mol. The quantitative estimate of drug-likeness (QED) is 0.882. The molecule has 2 aromatic rings. The molecule has 0 aliphatic carbocycles. The first-order valence-electron chi connectivity index (χ1n) is 6.98. The van der Waals surface area contributed by atoms with Gasteiger partial charge in [0.2, 0.25) is 0 Å². The van der Waals surface area contributed by atoms with Gasteiger partial charge in [0.25, 0.3) is 5.91 Å². The van der Waals surface area contributed by atoms with Crippen molar-refractivity contribution >= 4 is 27.9 Å². The van der Waals surface area contributed by atoms with Crippen LogP contribution in [-0.2, 0) is 13.1 Å². The molecule has 0 atom stereocenters. The number of nitrogens with two attached hydrogens (primary N) is 1. The summed E-state index contributed by atoms with van der Waals surface area (Å²) >= 11 is 1.43. The fraction of sp³-hybridized carbons (Fsp3) is 0.462. The molecule has 1 amide bonds. The number of nitrogens with one attached hydrogen (secondary N) is 1. The van der Waals surface area contributed by atoms with Gasteiger partial charge in [0.1, 0.15) is 11.2 Å². The minimum absolute atomic E-state index is 0.0919. The first-order valence-corrected chi connectivity index (χ1v) is 7.80. The number of hydrogen-bond acceptors (Lipinski definition) is 6. The molecule has 7 nitrogen and oxygen atoms in total. The number of thiophene rings is 1. The van der Waals surface area contributed by atoms with Crippen LogP contribution in [0, 0.1) is 0 Å². The van der Waals surface area contributed by atoms with Crippen LogP contribution in [0.15, 0.2) is 12.4 Å². The highest BCUT2D eigenvalue weighted by Gasteiger charge is 2.22. The van der Waals surface area contributed by atoms with Crippen molar-refractivity contribution in [1.29, 1.82) is 0 Å². The Balaban J connectivity index is 1.77. The Morgan fingerprint density at radius 2 is 2.38 bits per heavy atom. The summed E-state index contributed by atoms with van der Waals surface area (Å²) in [6.07, 6.45) is 2.66. The molecule has 0 bridgehead atoms. The molecular weight excluding hydrogens is 288 g/mol. The maximum atomic E-state index is 12.1. The molecule has 1 aliphatic rings. The number of carbonyl (C=O) groups excluding carboxylic acids is 1. The van der Waals surface area contributed by atoms with Crippen LogP contribution in [-0.4, -0.2) is 33.8 Å². The van der Waals surface area contributed by atoms with Crippen molar-refractivity contribution in [2.24, 2.45) is 0 Å². The fourth-order valence-corrected chi connectivity index (χ4v) is 3.32. The highest BCUT2D eigenvalue weighted by Crippen LogP contribution is 2.33. The van der Waals surface area contributed by atoms with E-state index in [0.717, 1.165) is 30.3 Å². The normalized spacial score (nSPS) is 14.0. The number of amides is 1. The first kappa shape index (κ1) is 13.9. The highest BCUT2D eigenvalue weighted by molar-refractivity contribution is 7.18. The van der Waals surface area contributed by atoms with Crippen molar-refractivity contribution in [1.82, 2.24) is 20.1 Å². The van der Waals surface area contributed by atoms with Gasteiger partial charge in [-0.1, -0.05) is 6.92 Å². The molecule has 1 aliphatic heterocycles. The van der Waals surface area contributed by atoms with E-state index in [1.165, 1.54) is 11.3 Å². The van der Waals surface area contributed by atoms with Crippen LogP contribution in [0.4, 0.5) is 10.7 Å². The van der Waals surface area contributed by atoms with E-state index in [1.54, 1.807) is 6.33 Å². The third-order valence-electron chi connectivity index (χ3n) is 3.44. The molecule has 0 saturated heterocycles. The van der Waals surface area contributed by atoms with Crippen LogP contribution in [0.3, 0.4) is 0 Å². The summed E-state index contributed by atoms with van der Waals surface area (Å²) in [5.41, 5.74) is 6.52. The molecule has 112 valence electrons. The maximum absolute atomic E-state index is 12.1. The van der Waals surface area contributed by atoms with E-state index < -0.39 is 0 Å². The van der Waals surface area contributed by atoms with Crippen LogP contribution >= 0.6 is 11.3 Å². The van der Waals surface area contributed by atoms with Gasteiger partial charge in [0, 0.05) is 19.6 Å². The van der Waals surface area contributed by atoms with Crippen molar-refractivity contribution in [2.75, 3.05) is 23.7 Å². The van der Waals surface area contributed by atoms with Gasteiger partial charge in [-0.15, -0.1) is 21.5 Å². The van der Waals surface area contributed by atoms with Gasteiger partial charge in [0.05, 0.1) is 17.2 Å². The maximum Gasteiger partial charge on any atom is 0.263 e. The van der Waals surface area contributed by atoms with Crippen LogP contribution in [0.25, 0.3) is 0 Å². The second kappa shape index (κ2) is 5.72. The second-order valence-corrected chi connectivity index (χ2v) is 6.02. The lowest BCUT2D eigenvalue weighted by molar-refractivity contribution is 0.0958. The monoisotopic (exact) mass is 306 g/mol. The first-order chi connectivity index (χ1) is 10.2. The van der Waals surface area contributed by atoms with E-state index in [4.69, 9.17) is 5.73 Å². The van der Waals surface area contributed by atoms with Crippen LogP contribution in [0.1, 0.15) is 28.8 Å². The van der Waals surface area contributed by atoms with E-state index in [-0.39, 0.29) is 5.91 Å². The molecule has 0 spiro atoms. The van der Waals surface area contributed by atoms with E-state index in [2.05, 4.69) is 20.4 Å². The smallest absolute Gasteiger partial charge is 0.263 e. The van der Waals surface area contributed by atoms with Crippen LogP contribution < -0.4 is 16.0 Å². The van der Waals surface area contributed by atoms with Gasteiger partial charge >= 0.3 is 0 Å². The average Bonchev–Trinajstić information content (AvgIpc) is 3.10. The molecule has 3 N–H and O–H groups in total. The number of fused-ring (bicyclic) bond motifs is 1. The van der Waals surface area contributed by atoms with Crippen molar-refractivity contribution in [2.45, 2.75) is 26.4 Å². The topological polar surface area (TPSA) is 89.1 Å². The summed E-state index contributed by atoms with van der Waals surface area (Å²) in [7, 11) is 0. The molecule has 0 saturated carbocycles. The third kappa shape index (κ3) is 2.71. The zero-order valence-corrected chi connectivity index (χ0v) is 12.7. The number of nitrogens with zero attached hydrogens (tertiary/aromatic N) is 4. The van der Waals surface area contributed by atoms with E-state index in [9.17, 15) is 4.79 Å². The molecule has 2 aromatic heterocycles. The summed E-state index contributed by atoms with van der Waals surface area (Å²) in [6.45, 7) is 5.08. The predicted molar refractivity (Wildman–Crippen MR) is 82.4 cm³/mol. The van der Waals surface area contributed by atoms with Crippen LogP contribution in [0.5, 0.6) is 0 Å². The van der Waals surface area contributed by atoms with Gasteiger partial charge in [-0.3, -0.25) is 4.79 Å². The Morgan fingerprint density at radius 1 is 1.52 bits per heavy atom. The zero-order chi connectivity index (χ0) is 14.8. The summed E-state index contributed by atoms with van der Waals surface area (Å²) < 4.78 is 2.04. The molecule has 8 heteroatoms. The minimum atomic E-state index is -0.0919. The molecule has 0 radical (unpaired) electrons. The van der Waals surface area contributed by atoms with Gasteiger partial charge in [-0.2, -0.15) is 0 Å². The summed E-state index contributed by atoms with van der Waals surface area (Å²) in [5.74, 6) is 0.844. The van der Waals surface area contributed by atoms with Crippen molar-refractivity contribution in [3.8, 4) is 0 Å². The third-order valence-corrected chi connectivity index (χ3v) is 4.65. The van der Waals surface area contributed by atoms with E-state index in [0.29, 0.717) is 23.7 Å². The molecule has 0 aromatic carbocycles. The molecule has 3 rings (SSSR count). The van der Waals surface area contributed by atoms with Crippen molar-refractivity contribution in [3.05, 3.63) is 23.1 Å². The number of rotatable bonds is 4. The highest BCUT2D eigenvalue weighted by atomic mass is 32.1. The summed E-state index contributed by atoms with van der Waals surface area (Å²) in [5, 5.41) is 11.9. The number of carbonyl (C=O) groups is 1. The molecular formula is C13H18N6OS. The molecule has 0 fully saturated rings. The number of nitrogen functional groups attached to an aromatic ring is 1. The standard InChI is InChI=1S/C13H18N6OS/c1-2-3-15-13(20)12-9(14)6-11(21-12)18-4-5-19-8-16-17-10(19)7-18/h6,8H,2-5,7,14H2,1H3,(H,15,20). The summed E-state index contributed by atoms with van der Waals surface area (Å²) in [6, 6.07) is 1.87. The van der Waals surface area contributed by atoms with Gasteiger partial charge in [0.15, 0.2) is 5.82 Å². The van der Waals surface area contributed by atoms with Crippen molar-refractivity contribution < 1.29 is 4.79 Å². The van der Waals surface area contributed by atoms with Gasteiger partial charge in [-0.25, -0.2) is 0 Å². The second-order valence-electron chi connectivity index (χ2n) is 4.99. The number of anilines is 2. The molecule has 0 unspecified atom stereocenters. The van der Waals surface area contributed by atoms with Crippen molar-refractivity contribution in [3.63, 3.8) is 0 Å². The zero-order valence-electron chi connectivity index (χ0n) is 11.9. The van der Waals surface area contributed by atoms with Crippen LogP contribution in [0.2, 0.25) is 0 Å². The Hall–Kier alpha value is -2.09. The Morgan fingerprint density at radius 3 is 3.19 bits per heavy atom. The number of hydrogen-bond donors (Lipinski definition) is 2. The number of aromatic nitrogens is 3. The Bertz CT molecular complexity index is 649. The lowest BCUT2D eigenvalue weighted by atomic mass is 10.3. The minimum Gasteiger partial charge on any atom is -0.397 e. The lowest BCUT2D eigenvalue weighted by Gasteiger charge is -2.27. The SMILES string of the molecule is CCCNC(=O)c1sc(N2CCn3cnnc3C2)cc1N. The molecule has 21 heavy (non-hydrogen) atoms. The predicted octanol–water partition coefficient (Wildman–Crippen LogP) is 1.08. The fourth-order valence-electron chi connectivity index (χ4n) is 2.30. The largest absolute Gasteiger partial charge is 0.397 e. The summed E-state index contributed by atoms with van der Waals surface area (Å²) in [4.78, 5) is 14.8. The van der Waals surface area contributed by atoms with E-state index in [1.807, 2.05) is 17.6 Å².